The van der Waals surface area contributed by atoms with Gasteiger partial charge in [-0.2, -0.15) is 0 Å². The van der Waals surface area contributed by atoms with Gasteiger partial charge in [0.2, 0.25) is 11.4 Å². The minimum Gasteiger partial charge on any atom is -0.459 e. The van der Waals surface area contributed by atoms with E-state index in [1.54, 1.807) is 0 Å². The standard InChI is InChI=1S/C45H42N6O2/c1-42(2)34-12-6-8-14-36(34)50(44(42)28-48-40-32-26-46-22-20-30(32)16-18-38(40)52-44)24-10-5-11-25-51-37-15-9-7-13-35(37)43(3,4)45(51)29-49-41-33-27-47-23-21-31(33)17-19-39(41)53-45/h6-9,12-23,26-29H,5,10-11,24-25H2,1-4H3. The summed E-state index contributed by atoms with van der Waals surface area (Å²) < 4.78 is 14.3. The normalized spacial score (nSPS) is 22.5. The highest BCUT2D eigenvalue weighted by Crippen LogP contribution is 2.56. The van der Waals surface area contributed by atoms with Crippen molar-refractivity contribution >= 4 is 56.7 Å². The molecule has 0 amide bonds. The lowest BCUT2D eigenvalue weighted by atomic mass is 9.77. The molecule has 2 spiro atoms. The molecule has 0 bridgehead atoms. The van der Waals surface area contributed by atoms with Gasteiger partial charge < -0.3 is 19.3 Å². The van der Waals surface area contributed by atoms with Crippen LogP contribution in [-0.2, 0) is 10.8 Å². The lowest BCUT2D eigenvalue weighted by Crippen LogP contribution is -2.62. The third-order valence-corrected chi connectivity index (χ3v) is 12.4. The largest absolute Gasteiger partial charge is 0.459 e. The highest BCUT2D eigenvalue weighted by Gasteiger charge is 2.61. The molecule has 0 saturated carbocycles. The summed E-state index contributed by atoms with van der Waals surface area (Å²) >= 11 is 0. The van der Waals surface area contributed by atoms with Crippen LogP contribution in [0.2, 0.25) is 0 Å². The summed E-state index contributed by atoms with van der Waals surface area (Å²) in [7, 11) is 0. The van der Waals surface area contributed by atoms with Crippen molar-refractivity contribution in [3.05, 3.63) is 121 Å². The average molecular weight is 699 g/mol. The van der Waals surface area contributed by atoms with E-state index in [1.807, 2.05) is 49.3 Å². The number of hydrogen-bond donors (Lipinski definition) is 0. The zero-order valence-electron chi connectivity index (χ0n) is 30.6. The van der Waals surface area contributed by atoms with Gasteiger partial charge >= 0.3 is 0 Å². The second-order valence-electron chi connectivity index (χ2n) is 15.8. The van der Waals surface area contributed by atoms with Gasteiger partial charge in [0.05, 0.1) is 23.3 Å². The number of hydrogen-bond acceptors (Lipinski definition) is 8. The summed E-state index contributed by atoms with van der Waals surface area (Å²) in [5, 5.41) is 4.21. The van der Waals surface area contributed by atoms with Gasteiger partial charge in [0.1, 0.15) is 22.9 Å². The first kappa shape index (κ1) is 31.9. The van der Waals surface area contributed by atoms with Gasteiger partial charge in [0.15, 0.2) is 0 Å². The first-order valence-corrected chi connectivity index (χ1v) is 18.7. The fraction of sp³-hybridized carbons (Fsp3) is 0.289. The Morgan fingerprint density at radius 3 is 1.45 bits per heavy atom. The maximum Gasteiger partial charge on any atom is 0.228 e. The number of para-hydroxylation sites is 2. The maximum absolute atomic E-state index is 7.14. The Labute approximate surface area is 309 Å². The van der Waals surface area contributed by atoms with E-state index in [2.05, 4.69) is 120 Å². The molecule has 4 aromatic carbocycles. The highest BCUT2D eigenvalue weighted by molar-refractivity contribution is 6.00. The van der Waals surface area contributed by atoms with Crippen LogP contribution in [0, 0.1) is 0 Å². The van der Waals surface area contributed by atoms with Crippen molar-refractivity contribution in [2.24, 2.45) is 9.98 Å². The predicted molar refractivity (Wildman–Crippen MR) is 214 cm³/mol. The van der Waals surface area contributed by atoms with Crippen molar-refractivity contribution < 1.29 is 9.47 Å². The van der Waals surface area contributed by atoms with Gasteiger partial charge in [-0.1, -0.05) is 48.5 Å². The van der Waals surface area contributed by atoms with Gasteiger partial charge in [-0.15, -0.1) is 0 Å². The third-order valence-electron chi connectivity index (χ3n) is 12.4. The van der Waals surface area contributed by atoms with Crippen molar-refractivity contribution in [2.45, 2.75) is 69.2 Å². The SMILES string of the molecule is CC1(C)c2ccccc2N(CCCCCN2c3ccccc3C(C)(C)C23C=Nc2c(ccc4ccncc24)O3)C12C=Nc1c(ccc3ccncc13)O2. The molecule has 0 fully saturated rings. The second-order valence-corrected chi connectivity index (χ2v) is 15.8. The van der Waals surface area contributed by atoms with Crippen molar-refractivity contribution in [2.75, 3.05) is 22.9 Å². The molecular formula is C45H42N6O2. The molecule has 8 heteroatoms. The molecule has 0 N–H and O–H groups in total. The molecule has 2 atom stereocenters. The molecule has 2 unspecified atom stereocenters. The van der Waals surface area contributed by atoms with Crippen LogP contribution in [0.5, 0.6) is 11.5 Å². The summed E-state index contributed by atoms with van der Waals surface area (Å²) in [6, 6.07) is 29.8. The number of benzene rings is 4. The minimum atomic E-state index is -0.763. The molecule has 4 aliphatic rings. The Morgan fingerprint density at radius 1 is 0.528 bits per heavy atom. The molecule has 4 aliphatic heterocycles. The van der Waals surface area contributed by atoms with Crippen LogP contribution in [0.4, 0.5) is 22.7 Å². The summed E-state index contributed by atoms with van der Waals surface area (Å²) in [5.41, 5.74) is 4.42. The number of rotatable bonds is 6. The summed E-state index contributed by atoms with van der Waals surface area (Å²) in [4.78, 5) is 23.9. The van der Waals surface area contributed by atoms with E-state index < -0.39 is 11.4 Å². The van der Waals surface area contributed by atoms with Gasteiger partial charge in [0.25, 0.3) is 0 Å². The molecule has 6 aromatic rings. The van der Waals surface area contributed by atoms with Gasteiger partial charge in [-0.05, 0) is 105 Å². The van der Waals surface area contributed by atoms with E-state index in [9.17, 15) is 0 Å². The Morgan fingerprint density at radius 2 is 0.981 bits per heavy atom. The average Bonchev–Trinajstić information content (AvgIpc) is 3.47. The summed E-state index contributed by atoms with van der Waals surface area (Å²) in [6.45, 7) is 10.8. The van der Waals surface area contributed by atoms with Gasteiger partial charge in [0, 0.05) is 60.0 Å². The second kappa shape index (κ2) is 11.4. The highest BCUT2D eigenvalue weighted by atomic mass is 16.5. The van der Waals surface area contributed by atoms with Gasteiger partial charge in [-0.25, -0.2) is 0 Å². The number of anilines is 2. The number of aliphatic imine (C=N–C) groups is 2. The smallest absolute Gasteiger partial charge is 0.228 e. The number of fused-ring (bicyclic) bond motifs is 8. The minimum absolute atomic E-state index is 0.346. The molecular weight excluding hydrogens is 657 g/mol. The lowest BCUT2D eigenvalue weighted by Gasteiger charge is -2.46. The topological polar surface area (TPSA) is 75.4 Å². The maximum atomic E-state index is 7.14. The first-order valence-electron chi connectivity index (χ1n) is 18.7. The number of pyridine rings is 2. The van der Waals surface area contributed by atoms with Crippen molar-refractivity contribution in [1.82, 2.24) is 9.97 Å². The van der Waals surface area contributed by atoms with Crippen LogP contribution in [0.3, 0.4) is 0 Å². The molecule has 6 heterocycles. The third kappa shape index (κ3) is 4.35. The number of ether oxygens (including phenoxy) is 2. The molecule has 2 aromatic heterocycles. The molecule has 8 nitrogen and oxygen atoms in total. The van der Waals surface area contributed by atoms with Crippen molar-refractivity contribution in [3.63, 3.8) is 0 Å². The predicted octanol–water partition coefficient (Wildman–Crippen LogP) is 9.83. The number of aromatic nitrogens is 2. The zero-order chi connectivity index (χ0) is 36.0. The van der Waals surface area contributed by atoms with E-state index in [0.717, 1.165) is 76.8 Å². The molecule has 0 aliphatic carbocycles. The first-order chi connectivity index (χ1) is 25.8. The van der Waals surface area contributed by atoms with E-state index in [-0.39, 0.29) is 10.8 Å². The van der Waals surface area contributed by atoms with Crippen molar-refractivity contribution in [3.8, 4) is 11.5 Å². The molecule has 0 saturated heterocycles. The van der Waals surface area contributed by atoms with Crippen LogP contribution in [0.25, 0.3) is 21.5 Å². The fourth-order valence-corrected chi connectivity index (χ4v) is 9.39. The van der Waals surface area contributed by atoms with Crippen molar-refractivity contribution in [1.29, 1.82) is 0 Å². The molecule has 10 rings (SSSR count). The fourth-order valence-electron chi connectivity index (χ4n) is 9.39. The zero-order valence-corrected chi connectivity index (χ0v) is 30.6. The van der Waals surface area contributed by atoms with E-state index in [4.69, 9.17) is 19.5 Å². The molecule has 53 heavy (non-hydrogen) atoms. The Balaban J connectivity index is 0.922. The number of unbranched alkanes of at least 4 members (excludes halogenated alkanes) is 2. The van der Waals surface area contributed by atoms with Crippen LogP contribution in [0.15, 0.2) is 120 Å². The van der Waals surface area contributed by atoms with E-state index >= 15 is 0 Å². The van der Waals surface area contributed by atoms with Crippen LogP contribution < -0.4 is 19.3 Å². The quantitative estimate of drug-likeness (QED) is 0.161. The monoisotopic (exact) mass is 698 g/mol. The van der Waals surface area contributed by atoms with E-state index in [1.165, 1.54) is 22.5 Å². The summed E-state index contributed by atoms with van der Waals surface area (Å²) in [6.07, 6.45) is 14.5. The van der Waals surface area contributed by atoms with E-state index in [0.29, 0.717) is 0 Å². The van der Waals surface area contributed by atoms with Crippen LogP contribution in [0.1, 0.15) is 58.1 Å². The number of nitrogens with zero attached hydrogens (tertiary/aromatic N) is 6. The van der Waals surface area contributed by atoms with Gasteiger partial charge in [-0.3, -0.25) is 20.0 Å². The summed E-state index contributed by atoms with van der Waals surface area (Å²) in [5.74, 6) is 1.58. The Hall–Kier alpha value is -5.76. The molecule has 0 radical (unpaired) electrons. The Kier molecular flexibility index (Phi) is 6.85. The lowest BCUT2D eigenvalue weighted by molar-refractivity contribution is 0.0761. The van der Waals surface area contributed by atoms with Crippen LogP contribution >= 0.6 is 0 Å². The van der Waals surface area contributed by atoms with Crippen LogP contribution in [-0.4, -0.2) is 46.9 Å². The Bertz CT molecular complexity index is 2330. The molecule has 264 valence electrons.